The summed E-state index contributed by atoms with van der Waals surface area (Å²) in [5.74, 6) is -0.0695. The molecular weight excluding hydrogens is 380 g/mol. The van der Waals surface area contributed by atoms with Crippen molar-refractivity contribution in [1.82, 2.24) is 0 Å². The third-order valence-corrected chi connectivity index (χ3v) is 7.02. The van der Waals surface area contributed by atoms with Gasteiger partial charge in [-0.1, -0.05) is 65.5 Å². The molecule has 5 nitrogen and oxygen atoms in total. The van der Waals surface area contributed by atoms with Crippen molar-refractivity contribution in [3.63, 3.8) is 0 Å². The van der Waals surface area contributed by atoms with Crippen molar-refractivity contribution in [2.24, 2.45) is 29.6 Å². The van der Waals surface area contributed by atoms with Gasteiger partial charge in [-0.25, -0.2) is 0 Å². The first-order valence-electron chi connectivity index (χ1n) is 12.0. The highest BCUT2D eigenvalue weighted by Gasteiger charge is 2.42. The van der Waals surface area contributed by atoms with E-state index in [1.54, 1.807) is 12.2 Å². The summed E-state index contributed by atoms with van der Waals surface area (Å²) in [6.07, 6.45) is 8.91. The summed E-state index contributed by atoms with van der Waals surface area (Å²) in [6, 6.07) is 0. The molecule has 0 amide bonds. The predicted molar refractivity (Wildman–Crippen MR) is 118 cm³/mol. The maximum Gasteiger partial charge on any atom is 0.306 e. The smallest absolute Gasteiger partial charge is 0.306 e. The number of aliphatic hydroxyl groups is 2. The van der Waals surface area contributed by atoms with Crippen LogP contribution in [0.5, 0.6) is 0 Å². The minimum atomic E-state index is -0.799. The SMILES string of the molecule is CCCCC[C@H](O)C=C[C@H]1[C@H](O)CC(=O)[C@@H]1CC(=O)O[C@@H]1C[C@H](C)CC[C@H]1C(C)C. The van der Waals surface area contributed by atoms with Gasteiger partial charge in [-0.05, 0) is 37.0 Å². The highest BCUT2D eigenvalue weighted by atomic mass is 16.5. The molecule has 30 heavy (non-hydrogen) atoms. The number of hydrogen-bond acceptors (Lipinski definition) is 5. The van der Waals surface area contributed by atoms with E-state index in [0.717, 1.165) is 38.5 Å². The third kappa shape index (κ3) is 7.19. The highest BCUT2D eigenvalue weighted by molar-refractivity contribution is 5.88. The molecule has 0 saturated heterocycles. The van der Waals surface area contributed by atoms with Crippen molar-refractivity contribution in [2.45, 2.75) is 104 Å². The molecule has 0 bridgehead atoms. The van der Waals surface area contributed by atoms with Crippen LogP contribution in [0.1, 0.15) is 85.5 Å². The van der Waals surface area contributed by atoms with Crippen LogP contribution in [-0.2, 0) is 14.3 Å². The van der Waals surface area contributed by atoms with E-state index in [-0.39, 0.29) is 30.7 Å². The monoisotopic (exact) mass is 422 g/mol. The molecule has 0 aliphatic heterocycles. The molecule has 172 valence electrons. The van der Waals surface area contributed by atoms with Gasteiger partial charge in [-0.3, -0.25) is 9.59 Å². The van der Waals surface area contributed by atoms with Gasteiger partial charge in [-0.15, -0.1) is 0 Å². The summed E-state index contributed by atoms with van der Waals surface area (Å²) in [4.78, 5) is 25.2. The fraction of sp³-hybridized carbons (Fsp3) is 0.840. The van der Waals surface area contributed by atoms with Crippen molar-refractivity contribution in [1.29, 1.82) is 0 Å². The van der Waals surface area contributed by atoms with Gasteiger partial charge in [-0.2, -0.15) is 0 Å². The van der Waals surface area contributed by atoms with Crippen LogP contribution < -0.4 is 0 Å². The molecule has 0 spiro atoms. The van der Waals surface area contributed by atoms with Crippen LogP contribution >= 0.6 is 0 Å². The first kappa shape index (κ1) is 25.1. The lowest BCUT2D eigenvalue weighted by atomic mass is 9.75. The number of unbranched alkanes of at least 4 members (excludes halogenated alkanes) is 2. The second-order valence-corrected chi connectivity index (χ2v) is 9.93. The Morgan fingerprint density at radius 3 is 2.67 bits per heavy atom. The van der Waals surface area contributed by atoms with Crippen LogP contribution in [0.25, 0.3) is 0 Å². The number of hydrogen-bond donors (Lipinski definition) is 2. The number of Topliss-reactive ketones (excluding diaryl/α,β-unsaturated/α-hetero) is 1. The predicted octanol–water partition coefficient (Wildman–Crippen LogP) is 4.44. The summed E-state index contributed by atoms with van der Waals surface area (Å²) >= 11 is 0. The molecular formula is C25H42O5. The lowest BCUT2D eigenvalue weighted by Crippen LogP contribution is -2.36. The Labute approximate surface area is 182 Å². The van der Waals surface area contributed by atoms with E-state index < -0.39 is 24.0 Å². The molecule has 2 aliphatic carbocycles. The number of carbonyl (C=O) groups excluding carboxylic acids is 2. The van der Waals surface area contributed by atoms with Gasteiger partial charge in [0.1, 0.15) is 11.9 Å². The normalized spacial score (nSPS) is 33.4. The van der Waals surface area contributed by atoms with Crippen molar-refractivity contribution in [2.75, 3.05) is 0 Å². The molecule has 2 rings (SSSR count). The van der Waals surface area contributed by atoms with E-state index in [1.165, 1.54) is 0 Å². The fourth-order valence-electron chi connectivity index (χ4n) is 5.09. The van der Waals surface area contributed by atoms with Crippen LogP contribution in [0.3, 0.4) is 0 Å². The van der Waals surface area contributed by atoms with Crippen LogP contribution in [0.4, 0.5) is 0 Å². The van der Waals surface area contributed by atoms with Crippen molar-refractivity contribution < 1.29 is 24.5 Å². The zero-order valence-corrected chi connectivity index (χ0v) is 19.3. The first-order valence-corrected chi connectivity index (χ1v) is 12.0. The van der Waals surface area contributed by atoms with E-state index in [2.05, 4.69) is 27.7 Å². The number of rotatable bonds is 10. The Morgan fingerprint density at radius 2 is 2.00 bits per heavy atom. The molecule has 0 heterocycles. The average Bonchev–Trinajstić information content (AvgIpc) is 2.92. The van der Waals surface area contributed by atoms with E-state index >= 15 is 0 Å². The summed E-state index contributed by atoms with van der Waals surface area (Å²) in [6.45, 7) is 8.65. The molecule has 0 aromatic rings. The van der Waals surface area contributed by atoms with Crippen LogP contribution in [0.15, 0.2) is 12.2 Å². The van der Waals surface area contributed by atoms with E-state index in [9.17, 15) is 19.8 Å². The third-order valence-electron chi connectivity index (χ3n) is 7.02. The molecule has 0 unspecified atom stereocenters. The van der Waals surface area contributed by atoms with Gasteiger partial charge in [0.05, 0.1) is 18.6 Å². The molecule has 0 aromatic heterocycles. The van der Waals surface area contributed by atoms with Crippen molar-refractivity contribution in [3.05, 3.63) is 12.2 Å². The summed E-state index contributed by atoms with van der Waals surface area (Å²) < 4.78 is 5.87. The summed E-state index contributed by atoms with van der Waals surface area (Å²) in [5, 5.41) is 20.5. The Bertz CT molecular complexity index is 584. The van der Waals surface area contributed by atoms with Gasteiger partial charge in [0.25, 0.3) is 0 Å². The van der Waals surface area contributed by atoms with E-state index in [1.807, 2.05) is 0 Å². The zero-order chi connectivity index (χ0) is 22.3. The zero-order valence-electron chi connectivity index (χ0n) is 19.3. The standard InChI is InChI=1S/C25H42O5/c1-5-6-7-8-18(26)10-12-20-21(23(28)15-22(20)27)14-25(29)30-24-13-17(4)9-11-19(24)16(2)3/h10,12,16-22,24,26-27H,5-9,11,13-15H2,1-4H3/t17-,18+,19+,20-,21-,22-,24-/m1/s1. The summed E-state index contributed by atoms with van der Waals surface area (Å²) in [7, 11) is 0. The second kappa shape index (κ2) is 12.0. The topological polar surface area (TPSA) is 83.8 Å². The number of ether oxygens (including phenoxy) is 1. The van der Waals surface area contributed by atoms with Crippen LogP contribution in [0, 0.1) is 29.6 Å². The molecule has 2 saturated carbocycles. The number of esters is 1. The molecule has 7 atom stereocenters. The number of aliphatic hydroxyl groups excluding tert-OH is 2. The van der Waals surface area contributed by atoms with E-state index in [0.29, 0.717) is 24.2 Å². The number of ketones is 1. The van der Waals surface area contributed by atoms with Crippen LogP contribution in [0.2, 0.25) is 0 Å². The molecule has 2 aliphatic rings. The maximum atomic E-state index is 12.7. The Kier molecular flexibility index (Phi) is 10.0. The molecule has 5 heteroatoms. The van der Waals surface area contributed by atoms with Gasteiger partial charge < -0.3 is 14.9 Å². The largest absolute Gasteiger partial charge is 0.462 e. The van der Waals surface area contributed by atoms with Crippen molar-refractivity contribution in [3.8, 4) is 0 Å². The van der Waals surface area contributed by atoms with Gasteiger partial charge in [0, 0.05) is 18.3 Å². The minimum absolute atomic E-state index is 0.00647. The molecule has 0 aromatic carbocycles. The van der Waals surface area contributed by atoms with Gasteiger partial charge in [0.15, 0.2) is 0 Å². The summed E-state index contributed by atoms with van der Waals surface area (Å²) in [5.41, 5.74) is 0. The fourth-order valence-corrected chi connectivity index (χ4v) is 5.09. The Balaban J connectivity index is 1.96. The quantitative estimate of drug-likeness (QED) is 0.309. The van der Waals surface area contributed by atoms with Crippen molar-refractivity contribution >= 4 is 11.8 Å². The Morgan fingerprint density at radius 1 is 1.27 bits per heavy atom. The average molecular weight is 423 g/mol. The van der Waals surface area contributed by atoms with E-state index in [4.69, 9.17) is 4.74 Å². The minimum Gasteiger partial charge on any atom is -0.462 e. The van der Waals surface area contributed by atoms with Gasteiger partial charge >= 0.3 is 5.97 Å². The molecule has 0 radical (unpaired) electrons. The molecule has 2 N–H and O–H groups in total. The first-order chi connectivity index (χ1) is 14.2. The lowest BCUT2D eigenvalue weighted by molar-refractivity contribution is -0.158. The highest BCUT2D eigenvalue weighted by Crippen LogP contribution is 2.37. The van der Waals surface area contributed by atoms with Crippen LogP contribution in [-0.4, -0.2) is 40.3 Å². The molecule has 2 fully saturated rings. The second-order valence-electron chi connectivity index (χ2n) is 9.93. The lowest BCUT2D eigenvalue weighted by Gasteiger charge is -2.36. The maximum absolute atomic E-state index is 12.7. The number of carbonyl (C=O) groups is 2. The van der Waals surface area contributed by atoms with Gasteiger partial charge in [0.2, 0.25) is 0 Å². The Hall–Kier alpha value is -1.20.